The van der Waals surface area contributed by atoms with E-state index in [1.165, 1.54) is 12.3 Å². The van der Waals surface area contributed by atoms with Crippen LogP contribution in [0.1, 0.15) is 41.0 Å². The van der Waals surface area contributed by atoms with Gasteiger partial charge in [-0.15, -0.1) is 0 Å². The van der Waals surface area contributed by atoms with Crippen molar-refractivity contribution in [3.05, 3.63) is 59.8 Å². The molecule has 1 saturated heterocycles. The van der Waals surface area contributed by atoms with Crippen LogP contribution in [0.3, 0.4) is 0 Å². The lowest BCUT2D eigenvalue weighted by molar-refractivity contribution is -0.137. The SMILES string of the molecule is C[C@H]1CC2Oc3cc(C(F)(F)F)ccc3[C@@H]2N(C(=O)c2cc3c(cn2)nc(N)c2cncn23)C1. The van der Waals surface area contributed by atoms with E-state index in [1.54, 1.807) is 27.9 Å². The van der Waals surface area contributed by atoms with Gasteiger partial charge in [-0.1, -0.05) is 13.0 Å². The number of rotatable bonds is 1. The van der Waals surface area contributed by atoms with Gasteiger partial charge >= 0.3 is 6.18 Å². The van der Waals surface area contributed by atoms with Gasteiger partial charge in [-0.2, -0.15) is 13.2 Å². The number of ether oxygens (including phenoxy) is 1. The minimum absolute atomic E-state index is 0.101. The van der Waals surface area contributed by atoms with E-state index < -0.39 is 23.9 Å². The molecule has 4 aromatic rings. The minimum Gasteiger partial charge on any atom is -0.488 e. The Morgan fingerprint density at radius 2 is 2.03 bits per heavy atom. The number of halogens is 3. The molecule has 0 bridgehead atoms. The predicted octanol–water partition coefficient (Wildman–Crippen LogP) is 3.86. The van der Waals surface area contributed by atoms with Crippen molar-refractivity contribution in [3.63, 3.8) is 0 Å². The Bertz CT molecular complexity index is 1470. The fourth-order valence-electron chi connectivity index (χ4n) is 5.00. The number of pyridine rings is 1. The predicted molar refractivity (Wildman–Crippen MR) is 116 cm³/mol. The monoisotopic (exact) mass is 468 g/mol. The largest absolute Gasteiger partial charge is 0.488 e. The number of fused-ring (bicyclic) bond motifs is 6. The Morgan fingerprint density at radius 3 is 2.82 bits per heavy atom. The molecule has 5 heterocycles. The quantitative estimate of drug-likeness (QED) is 0.456. The molecular formula is C23H19F3N6O2. The molecule has 0 spiro atoms. The molecule has 2 aliphatic heterocycles. The second-order valence-electron chi connectivity index (χ2n) is 8.85. The standard InChI is InChI=1S/C23H19F3N6O2/c1-11-4-19-20(13-3-2-12(23(24,25)26)5-18(13)34-19)31(9-11)22(33)14-6-16-15(7-29-14)30-21(27)17-8-28-10-32(16)17/h2-3,5-8,10-11,19-20H,4,9H2,1H3,(H2,27,30)/t11-,19?,20-/m0/s1. The third-order valence-corrected chi connectivity index (χ3v) is 6.51. The maximum Gasteiger partial charge on any atom is 0.416 e. The Hall–Kier alpha value is -3.89. The van der Waals surface area contributed by atoms with Gasteiger partial charge in [0.05, 0.1) is 35.8 Å². The number of nitrogens with zero attached hydrogens (tertiary/aromatic N) is 5. The van der Waals surface area contributed by atoms with Crippen LogP contribution >= 0.6 is 0 Å². The summed E-state index contributed by atoms with van der Waals surface area (Å²) in [5.74, 6) is 0.244. The summed E-state index contributed by atoms with van der Waals surface area (Å²) in [6, 6.07) is 4.61. The number of alkyl halides is 3. The van der Waals surface area contributed by atoms with Crippen molar-refractivity contribution in [2.75, 3.05) is 12.3 Å². The molecule has 0 radical (unpaired) electrons. The molecule has 1 amide bonds. The highest BCUT2D eigenvalue weighted by molar-refractivity contribution is 5.96. The minimum atomic E-state index is -4.47. The summed E-state index contributed by atoms with van der Waals surface area (Å²) in [7, 11) is 0. The molecule has 2 aliphatic rings. The second kappa shape index (κ2) is 7.05. The van der Waals surface area contributed by atoms with Gasteiger partial charge in [0.25, 0.3) is 5.91 Å². The van der Waals surface area contributed by atoms with E-state index in [4.69, 9.17) is 10.5 Å². The molecule has 1 fully saturated rings. The number of nitrogens with two attached hydrogens (primary N) is 1. The molecular weight excluding hydrogens is 449 g/mol. The molecule has 0 saturated carbocycles. The van der Waals surface area contributed by atoms with E-state index in [9.17, 15) is 18.0 Å². The summed E-state index contributed by atoms with van der Waals surface area (Å²) >= 11 is 0. The lowest BCUT2D eigenvalue weighted by atomic mass is 9.88. The number of likely N-dealkylation sites (tertiary alicyclic amines) is 1. The number of amides is 1. The van der Waals surface area contributed by atoms with Crippen LogP contribution in [-0.4, -0.2) is 42.8 Å². The molecule has 3 atom stereocenters. The van der Waals surface area contributed by atoms with Crippen LogP contribution in [0, 0.1) is 5.92 Å². The Labute approximate surface area is 191 Å². The van der Waals surface area contributed by atoms with Crippen LogP contribution < -0.4 is 10.5 Å². The summed E-state index contributed by atoms with van der Waals surface area (Å²) in [4.78, 5) is 28.1. The van der Waals surface area contributed by atoms with E-state index in [-0.39, 0.29) is 23.3 Å². The number of benzene rings is 1. The lowest BCUT2D eigenvalue weighted by Gasteiger charge is -2.39. The molecule has 1 unspecified atom stereocenters. The second-order valence-corrected chi connectivity index (χ2v) is 8.85. The first-order valence-corrected chi connectivity index (χ1v) is 10.8. The molecule has 2 N–H and O–H groups in total. The van der Waals surface area contributed by atoms with Gasteiger partial charge in [0.1, 0.15) is 34.4 Å². The number of piperidine rings is 1. The fraction of sp³-hybridized carbons (Fsp3) is 0.304. The Balaban J connectivity index is 1.41. The molecule has 3 aromatic heterocycles. The van der Waals surface area contributed by atoms with Gasteiger partial charge in [0, 0.05) is 12.1 Å². The summed E-state index contributed by atoms with van der Waals surface area (Å²) < 4.78 is 47.3. The van der Waals surface area contributed by atoms with Gasteiger partial charge in [0.15, 0.2) is 0 Å². The van der Waals surface area contributed by atoms with Crippen LogP contribution in [0.2, 0.25) is 0 Å². The first kappa shape index (κ1) is 20.7. The number of hydrogen-bond donors (Lipinski definition) is 1. The van der Waals surface area contributed by atoms with E-state index >= 15 is 0 Å². The third kappa shape index (κ3) is 3.06. The third-order valence-electron chi connectivity index (χ3n) is 6.51. The molecule has 174 valence electrons. The van der Waals surface area contributed by atoms with Gasteiger partial charge in [-0.3, -0.25) is 9.20 Å². The number of carbonyl (C=O) groups is 1. The zero-order valence-electron chi connectivity index (χ0n) is 18.0. The van der Waals surface area contributed by atoms with Crippen LogP contribution in [0.15, 0.2) is 43.0 Å². The van der Waals surface area contributed by atoms with E-state index in [1.807, 2.05) is 6.92 Å². The maximum atomic E-state index is 13.7. The van der Waals surface area contributed by atoms with Crippen molar-refractivity contribution in [1.29, 1.82) is 0 Å². The summed E-state index contributed by atoms with van der Waals surface area (Å²) in [6.45, 7) is 2.42. The topological polar surface area (TPSA) is 98.6 Å². The zero-order chi connectivity index (χ0) is 23.8. The van der Waals surface area contributed by atoms with Crippen LogP contribution in [-0.2, 0) is 6.18 Å². The van der Waals surface area contributed by atoms with Crippen molar-refractivity contribution in [2.24, 2.45) is 5.92 Å². The fourth-order valence-corrected chi connectivity index (χ4v) is 5.00. The highest BCUT2D eigenvalue weighted by Crippen LogP contribution is 2.47. The summed E-state index contributed by atoms with van der Waals surface area (Å²) in [5, 5.41) is 0. The number of aromatic nitrogens is 4. The van der Waals surface area contributed by atoms with Crippen molar-refractivity contribution >= 4 is 28.3 Å². The van der Waals surface area contributed by atoms with Crippen LogP contribution in [0.4, 0.5) is 19.0 Å². The van der Waals surface area contributed by atoms with E-state index in [0.717, 1.165) is 12.1 Å². The average molecular weight is 468 g/mol. The van der Waals surface area contributed by atoms with Gasteiger partial charge in [-0.25, -0.2) is 15.0 Å². The summed E-state index contributed by atoms with van der Waals surface area (Å²) in [6.07, 6.45) is 0.394. The molecule has 1 aromatic carbocycles. The molecule has 0 aliphatic carbocycles. The first-order valence-electron chi connectivity index (χ1n) is 10.8. The smallest absolute Gasteiger partial charge is 0.416 e. The van der Waals surface area contributed by atoms with Crippen molar-refractivity contribution < 1.29 is 22.7 Å². The number of hydrogen-bond acceptors (Lipinski definition) is 6. The molecule has 34 heavy (non-hydrogen) atoms. The maximum absolute atomic E-state index is 13.7. The molecule has 11 heteroatoms. The summed E-state index contributed by atoms with van der Waals surface area (Å²) in [5.41, 5.74) is 7.73. The number of imidazole rings is 1. The van der Waals surface area contributed by atoms with Crippen molar-refractivity contribution in [2.45, 2.75) is 31.7 Å². The van der Waals surface area contributed by atoms with Crippen molar-refractivity contribution in [3.8, 4) is 5.75 Å². The van der Waals surface area contributed by atoms with E-state index in [2.05, 4.69) is 15.0 Å². The average Bonchev–Trinajstić information content (AvgIpc) is 3.42. The van der Waals surface area contributed by atoms with Gasteiger partial charge in [0.2, 0.25) is 0 Å². The highest BCUT2D eigenvalue weighted by Gasteiger charge is 2.46. The lowest BCUT2D eigenvalue weighted by Crippen LogP contribution is -2.47. The van der Waals surface area contributed by atoms with Gasteiger partial charge in [-0.05, 0) is 30.5 Å². The normalized spacial score (nSPS) is 22.0. The van der Waals surface area contributed by atoms with Crippen LogP contribution in [0.5, 0.6) is 5.75 Å². The van der Waals surface area contributed by atoms with Crippen LogP contribution in [0.25, 0.3) is 16.6 Å². The number of anilines is 1. The highest BCUT2D eigenvalue weighted by atomic mass is 19.4. The van der Waals surface area contributed by atoms with E-state index in [0.29, 0.717) is 40.9 Å². The number of carbonyl (C=O) groups excluding carboxylic acids is 1. The Kier molecular flexibility index (Phi) is 4.29. The van der Waals surface area contributed by atoms with Crippen molar-refractivity contribution in [1.82, 2.24) is 24.3 Å². The molecule has 8 nitrogen and oxygen atoms in total. The first-order chi connectivity index (χ1) is 16.2. The van der Waals surface area contributed by atoms with Gasteiger partial charge < -0.3 is 15.4 Å². The zero-order valence-corrected chi connectivity index (χ0v) is 18.0. The Morgan fingerprint density at radius 1 is 1.21 bits per heavy atom. The number of nitrogen functional groups attached to an aromatic ring is 1. The molecule has 6 rings (SSSR count).